The van der Waals surface area contributed by atoms with E-state index in [1.165, 1.54) is 22.7 Å². The number of amides is 4. The lowest BCUT2D eigenvalue weighted by molar-refractivity contribution is -0.132. The van der Waals surface area contributed by atoms with Crippen LogP contribution in [0.1, 0.15) is 29.4 Å². The zero-order valence-corrected chi connectivity index (χ0v) is 17.2. The quantitative estimate of drug-likeness (QED) is 0.591. The zero-order valence-electron chi connectivity index (χ0n) is 15.5. The summed E-state index contributed by atoms with van der Waals surface area (Å²) in [4.78, 5) is 43.0. The van der Waals surface area contributed by atoms with Crippen LogP contribution in [0.5, 0.6) is 0 Å². The lowest BCUT2D eigenvalue weighted by Gasteiger charge is -2.21. The normalized spacial score (nSPS) is 18.7. The SMILES string of the molecule is C[C@]1(CCc2ccccc2)NC(=O)N(NC(=O)c2csc(-c3cccs3)n2)C1=O. The van der Waals surface area contributed by atoms with Crippen molar-refractivity contribution < 1.29 is 14.4 Å². The van der Waals surface area contributed by atoms with Gasteiger partial charge in [0, 0.05) is 5.38 Å². The molecule has 1 atom stereocenters. The molecule has 9 heteroatoms. The molecule has 3 heterocycles. The van der Waals surface area contributed by atoms with Crippen molar-refractivity contribution in [1.29, 1.82) is 0 Å². The fourth-order valence-corrected chi connectivity index (χ4v) is 4.66. The van der Waals surface area contributed by atoms with Crippen LogP contribution >= 0.6 is 22.7 Å². The predicted octanol–water partition coefficient (Wildman–Crippen LogP) is 3.46. The molecule has 29 heavy (non-hydrogen) atoms. The van der Waals surface area contributed by atoms with Crippen molar-refractivity contribution in [3.05, 3.63) is 64.5 Å². The first kappa shape index (κ1) is 19.3. The molecule has 2 aromatic heterocycles. The van der Waals surface area contributed by atoms with Crippen molar-refractivity contribution in [2.24, 2.45) is 0 Å². The van der Waals surface area contributed by atoms with Crippen molar-refractivity contribution in [2.75, 3.05) is 0 Å². The first-order chi connectivity index (χ1) is 14.0. The number of thiophene rings is 1. The van der Waals surface area contributed by atoms with Gasteiger partial charge < -0.3 is 5.32 Å². The molecule has 148 valence electrons. The van der Waals surface area contributed by atoms with Crippen molar-refractivity contribution >= 4 is 40.5 Å². The highest BCUT2D eigenvalue weighted by Gasteiger charge is 2.48. The number of hydrazine groups is 1. The average Bonchev–Trinajstić information content (AvgIpc) is 3.45. The number of imide groups is 1. The predicted molar refractivity (Wildman–Crippen MR) is 111 cm³/mol. The van der Waals surface area contributed by atoms with E-state index in [9.17, 15) is 14.4 Å². The van der Waals surface area contributed by atoms with E-state index >= 15 is 0 Å². The molecule has 1 aliphatic heterocycles. The van der Waals surface area contributed by atoms with Gasteiger partial charge in [0.25, 0.3) is 11.8 Å². The Bertz CT molecular complexity index is 1050. The summed E-state index contributed by atoms with van der Waals surface area (Å²) in [5, 5.41) is 7.70. The summed E-state index contributed by atoms with van der Waals surface area (Å²) >= 11 is 2.86. The van der Waals surface area contributed by atoms with Gasteiger partial charge in [0.1, 0.15) is 16.2 Å². The summed E-state index contributed by atoms with van der Waals surface area (Å²) in [6, 6.07) is 12.9. The van der Waals surface area contributed by atoms with Crippen LogP contribution in [-0.2, 0) is 11.2 Å². The highest BCUT2D eigenvalue weighted by atomic mass is 32.1. The maximum Gasteiger partial charge on any atom is 0.344 e. The number of hydrogen-bond donors (Lipinski definition) is 2. The Morgan fingerprint density at radius 2 is 1.97 bits per heavy atom. The molecule has 7 nitrogen and oxygen atoms in total. The number of carbonyl (C=O) groups is 3. The van der Waals surface area contributed by atoms with Gasteiger partial charge in [0.05, 0.1) is 4.88 Å². The minimum absolute atomic E-state index is 0.164. The number of benzene rings is 1. The van der Waals surface area contributed by atoms with E-state index in [2.05, 4.69) is 15.7 Å². The minimum atomic E-state index is -1.08. The van der Waals surface area contributed by atoms with E-state index in [1.54, 1.807) is 12.3 Å². The number of aromatic nitrogens is 1. The van der Waals surface area contributed by atoms with Crippen LogP contribution in [0.2, 0.25) is 0 Å². The minimum Gasteiger partial charge on any atom is -0.322 e. The van der Waals surface area contributed by atoms with E-state index in [0.717, 1.165) is 20.5 Å². The molecule has 3 aromatic rings. The van der Waals surface area contributed by atoms with E-state index < -0.39 is 23.4 Å². The van der Waals surface area contributed by atoms with Crippen LogP contribution in [0, 0.1) is 0 Å². The van der Waals surface area contributed by atoms with Gasteiger partial charge in [-0.15, -0.1) is 22.7 Å². The monoisotopic (exact) mass is 426 g/mol. The standard InChI is InChI=1S/C20H18N4O3S2/c1-20(10-9-13-6-3-2-4-7-13)18(26)24(19(27)22-20)23-16(25)14-12-29-17(21-14)15-8-5-11-28-15/h2-8,11-12H,9-10H2,1H3,(H,22,27)(H,23,25)/t20-/m1/s1. The summed E-state index contributed by atoms with van der Waals surface area (Å²) in [7, 11) is 0. The number of thiazole rings is 1. The Labute approximate surface area is 175 Å². The molecule has 1 aromatic carbocycles. The highest BCUT2D eigenvalue weighted by Crippen LogP contribution is 2.28. The number of rotatable bonds is 6. The third kappa shape index (κ3) is 3.92. The van der Waals surface area contributed by atoms with Crippen LogP contribution in [-0.4, -0.2) is 33.4 Å². The summed E-state index contributed by atoms with van der Waals surface area (Å²) in [5.41, 5.74) is 2.54. The van der Waals surface area contributed by atoms with Gasteiger partial charge in [-0.05, 0) is 36.8 Å². The molecule has 1 aliphatic rings. The van der Waals surface area contributed by atoms with Gasteiger partial charge in [-0.3, -0.25) is 15.0 Å². The van der Waals surface area contributed by atoms with E-state index in [-0.39, 0.29) is 5.69 Å². The second kappa shape index (κ2) is 7.76. The van der Waals surface area contributed by atoms with Crippen molar-refractivity contribution in [1.82, 2.24) is 20.7 Å². The smallest absolute Gasteiger partial charge is 0.322 e. The molecule has 0 spiro atoms. The molecular weight excluding hydrogens is 408 g/mol. The highest BCUT2D eigenvalue weighted by molar-refractivity contribution is 7.20. The molecular formula is C20H18N4O3S2. The number of nitrogens with zero attached hydrogens (tertiary/aromatic N) is 2. The first-order valence-corrected chi connectivity index (χ1v) is 10.7. The Kier molecular flexibility index (Phi) is 5.16. The number of carbonyl (C=O) groups excluding carboxylic acids is 3. The van der Waals surface area contributed by atoms with Gasteiger partial charge >= 0.3 is 6.03 Å². The van der Waals surface area contributed by atoms with Gasteiger partial charge in [0.15, 0.2) is 0 Å². The van der Waals surface area contributed by atoms with Crippen LogP contribution in [0.25, 0.3) is 9.88 Å². The van der Waals surface area contributed by atoms with Crippen molar-refractivity contribution in [3.63, 3.8) is 0 Å². The third-order valence-corrected chi connectivity index (χ3v) is 6.58. The fraction of sp³-hybridized carbons (Fsp3) is 0.200. The third-order valence-electron chi connectivity index (χ3n) is 4.70. The molecule has 4 amide bonds. The second-order valence-corrected chi connectivity index (χ2v) is 8.65. The fourth-order valence-electron chi connectivity index (χ4n) is 3.04. The summed E-state index contributed by atoms with van der Waals surface area (Å²) in [6.07, 6.45) is 1.05. The first-order valence-electron chi connectivity index (χ1n) is 8.97. The molecule has 0 bridgehead atoms. The maximum atomic E-state index is 12.8. The largest absolute Gasteiger partial charge is 0.344 e. The van der Waals surface area contributed by atoms with Gasteiger partial charge in [-0.25, -0.2) is 9.78 Å². The molecule has 2 N–H and O–H groups in total. The topological polar surface area (TPSA) is 91.4 Å². The lowest BCUT2D eigenvalue weighted by atomic mass is 9.93. The molecule has 0 radical (unpaired) electrons. The molecule has 1 saturated heterocycles. The van der Waals surface area contributed by atoms with Crippen molar-refractivity contribution in [3.8, 4) is 9.88 Å². The molecule has 0 unspecified atom stereocenters. The number of nitrogens with one attached hydrogen (secondary N) is 2. The summed E-state index contributed by atoms with van der Waals surface area (Å²) in [6.45, 7) is 1.67. The van der Waals surface area contributed by atoms with Crippen LogP contribution in [0.15, 0.2) is 53.2 Å². The van der Waals surface area contributed by atoms with Crippen LogP contribution in [0.4, 0.5) is 4.79 Å². The number of aryl methyl sites for hydroxylation is 1. The number of hydrogen-bond acceptors (Lipinski definition) is 6. The maximum absolute atomic E-state index is 12.8. The Morgan fingerprint density at radius 3 is 2.69 bits per heavy atom. The van der Waals surface area contributed by atoms with E-state index in [1.807, 2.05) is 47.8 Å². The average molecular weight is 427 g/mol. The van der Waals surface area contributed by atoms with Gasteiger partial charge in [-0.2, -0.15) is 5.01 Å². The molecule has 0 saturated carbocycles. The molecule has 1 fully saturated rings. The lowest BCUT2D eigenvalue weighted by Crippen LogP contribution is -2.49. The molecule has 0 aliphatic carbocycles. The Hall–Kier alpha value is -3.04. The van der Waals surface area contributed by atoms with Gasteiger partial charge in [0.2, 0.25) is 0 Å². The number of urea groups is 1. The van der Waals surface area contributed by atoms with Gasteiger partial charge in [-0.1, -0.05) is 36.4 Å². The Balaban J connectivity index is 1.43. The summed E-state index contributed by atoms with van der Waals surface area (Å²) < 4.78 is 0. The van der Waals surface area contributed by atoms with Crippen LogP contribution in [0.3, 0.4) is 0 Å². The Morgan fingerprint density at radius 1 is 1.17 bits per heavy atom. The second-order valence-electron chi connectivity index (χ2n) is 6.84. The molecule has 4 rings (SSSR count). The van der Waals surface area contributed by atoms with E-state index in [0.29, 0.717) is 12.8 Å². The zero-order chi connectivity index (χ0) is 20.4. The van der Waals surface area contributed by atoms with E-state index in [4.69, 9.17) is 0 Å². The van der Waals surface area contributed by atoms with Crippen LogP contribution < -0.4 is 10.7 Å². The van der Waals surface area contributed by atoms with Crippen molar-refractivity contribution in [2.45, 2.75) is 25.3 Å². The summed E-state index contributed by atoms with van der Waals surface area (Å²) in [5.74, 6) is -1.08.